The van der Waals surface area contributed by atoms with Gasteiger partial charge in [-0.3, -0.25) is 10.1 Å². The maximum Gasteiger partial charge on any atom is 0.404 e. The summed E-state index contributed by atoms with van der Waals surface area (Å²) < 4.78 is 4.59. The molecule has 8 nitrogen and oxygen atoms in total. The van der Waals surface area contributed by atoms with Crippen LogP contribution < -0.4 is 11.1 Å². The minimum Gasteiger partial charge on any atom is -0.448 e. The molecule has 1 amide bonds. The van der Waals surface area contributed by atoms with Crippen LogP contribution in [0.5, 0.6) is 0 Å². The first-order chi connectivity index (χ1) is 9.59. The van der Waals surface area contributed by atoms with Crippen molar-refractivity contribution in [2.75, 3.05) is 18.5 Å². The number of aromatic nitrogens is 1. The molecule has 104 valence electrons. The molecule has 0 radical (unpaired) electrons. The van der Waals surface area contributed by atoms with Crippen molar-refractivity contribution in [3.63, 3.8) is 0 Å². The van der Waals surface area contributed by atoms with Crippen molar-refractivity contribution >= 4 is 28.4 Å². The lowest BCUT2D eigenvalue weighted by atomic mass is 10.1. The van der Waals surface area contributed by atoms with Crippen molar-refractivity contribution in [1.29, 1.82) is 0 Å². The third kappa shape index (κ3) is 2.91. The number of nitrogens with two attached hydrogens (primary N) is 1. The fraction of sp³-hybridized carbons (Fsp3) is 0.167. The summed E-state index contributed by atoms with van der Waals surface area (Å²) in [7, 11) is 0. The van der Waals surface area contributed by atoms with Crippen molar-refractivity contribution in [2.24, 2.45) is 5.73 Å². The molecule has 2 rings (SSSR count). The predicted octanol–water partition coefficient (Wildman–Crippen LogP) is 1.65. The Labute approximate surface area is 113 Å². The number of nitrogens with one attached hydrogen (secondary N) is 1. The van der Waals surface area contributed by atoms with Gasteiger partial charge in [0.15, 0.2) is 0 Å². The van der Waals surface area contributed by atoms with Gasteiger partial charge in [-0.2, -0.15) is 0 Å². The average molecular weight is 276 g/mol. The van der Waals surface area contributed by atoms with E-state index in [1.165, 1.54) is 12.3 Å². The van der Waals surface area contributed by atoms with Gasteiger partial charge in [0.25, 0.3) is 5.69 Å². The van der Waals surface area contributed by atoms with E-state index < -0.39 is 11.0 Å². The lowest BCUT2D eigenvalue weighted by Crippen LogP contribution is -2.18. The van der Waals surface area contributed by atoms with Gasteiger partial charge in [0, 0.05) is 29.9 Å². The number of benzene rings is 1. The normalized spacial score (nSPS) is 10.2. The van der Waals surface area contributed by atoms with E-state index in [0.717, 1.165) is 0 Å². The van der Waals surface area contributed by atoms with Crippen LogP contribution in [0.25, 0.3) is 10.9 Å². The van der Waals surface area contributed by atoms with E-state index in [1.54, 1.807) is 18.2 Å². The van der Waals surface area contributed by atoms with Crippen molar-refractivity contribution in [3.05, 3.63) is 40.6 Å². The molecular weight excluding hydrogens is 264 g/mol. The van der Waals surface area contributed by atoms with Gasteiger partial charge in [0.05, 0.1) is 4.92 Å². The summed E-state index contributed by atoms with van der Waals surface area (Å²) in [5, 5.41) is 14.6. The van der Waals surface area contributed by atoms with E-state index in [-0.39, 0.29) is 12.3 Å². The number of hydrogen-bond acceptors (Lipinski definition) is 6. The van der Waals surface area contributed by atoms with E-state index in [0.29, 0.717) is 23.1 Å². The first-order valence-corrected chi connectivity index (χ1v) is 5.78. The quantitative estimate of drug-likeness (QED) is 0.486. The van der Waals surface area contributed by atoms with E-state index >= 15 is 0 Å². The van der Waals surface area contributed by atoms with Crippen LogP contribution in [0, 0.1) is 10.1 Å². The summed E-state index contributed by atoms with van der Waals surface area (Å²) in [6, 6.07) is 6.39. The lowest BCUT2D eigenvalue weighted by Gasteiger charge is -2.09. The summed E-state index contributed by atoms with van der Waals surface area (Å²) in [6.07, 6.45) is 0.650. The molecule has 0 aliphatic rings. The van der Waals surface area contributed by atoms with Gasteiger partial charge < -0.3 is 15.8 Å². The molecule has 0 saturated carbocycles. The zero-order chi connectivity index (χ0) is 14.5. The SMILES string of the molecule is NC(=O)OCCNc1ccc([N+](=O)[O-])c2ncccc12. The number of nitrogens with zero attached hydrogens (tertiary/aromatic N) is 2. The standard InChI is InChI=1S/C12H12N4O4/c13-12(17)20-7-6-14-9-3-4-10(16(18)19)11-8(9)2-1-5-15-11/h1-5,14H,6-7H2,(H2,13,17). The summed E-state index contributed by atoms with van der Waals surface area (Å²) in [6.45, 7) is 0.443. The Bertz CT molecular complexity index is 659. The van der Waals surface area contributed by atoms with Crippen LogP contribution in [0.1, 0.15) is 0 Å². The molecule has 1 aromatic heterocycles. The van der Waals surface area contributed by atoms with Crippen LogP contribution in [-0.4, -0.2) is 29.2 Å². The number of amides is 1. The third-order valence-corrected chi connectivity index (χ3v) is 2.61. The zero-order valence-electron chi connectivity index (χ0n) is 10.4. The molecule has 0 aliphatic heterocycles. The second-order valence-corrected chi connectivity index (χ2v) is 3.88. The number of nitro benzene ring substituents is 1. The van der Waals surface area contributed by atoms with Gasteiger partial charge in [-0.15, -0.1) is 0 Å². The Morgan fingerprint density at radius 2 is 2.25 bits per heavy atom. The largest absolute Gasteiger partial charge is 0.448 e. The predicted molar refractivity (Wildman–Crippen MR) is 72.4 cm³/mol. The van der Waals surface area contributed by atoms with Gasteiger partial charge in [0.2, 0.25) is 0 Å². The lowest BCUT2D eigenvalue weighted by molar-refractivity contribution is -0.383. The van der Waals surface area contributed by atoms with Crippen LogP contribution in [0.15, 0.2) is 30.5 Å². The number of hydrogen-bond donors (Lipinski definition) is 2. The fourth-order valence-electron chi connectivity index (χ4n) is 1.80. The Hall–Kier alpha value is -2.90. The third-order valence-electron chi connectivity index (χ3n) is 2.61. The number of rotatable bonds is 5. The summed E-state index contributed by atoms with van der Waals surface area (Å²) in [5.74, 6) is 0. The number of nitro groups is 1. The van der Waals surface area contributed by atoms with Gasteiger partial charge in [0.1, 0.15) is 12.1 Å². The molecule has 1 aromatic carbocycles. The van der Waals surface area contributed by atoms with Gasteiger partial charge in [-0.05, 0) is 18.2 Å². The van der Waals surface area contributed by atoms with Crippen molar-refractivity contribution < 1.29 is 14.5 Å². The van der Waals surface area contributed by atoms with Crippen LogP contribution in [-0.2, 0) is 4.74 Å². The molecule has 0 atom stereocenters. The van der Waals surface area contributed by atoms with Crippen LogP contribution >= 0.6 is 0 Å². The maximum absolute atomic E-state index is 10.9. The van der Waals surface area contributed by atoms with Gasteiger partial charge in [-0.1, -0.05) is 0 Å². The molecule has 0 unspecified atom stereocenters. The Morgan fingerprint density at radius 3 is 2.95 bits per heavy atom. The van der Waals surface area contributed by atoms with Crippen molar-refractivity contribution in [3.8, 4) is 0 Å². The van der Waals surface area contributed by atoms with E-state index in [2.05, 4.69) is 15.0 Å². The van der Waals surface area contributed by atoms with E-state index in [4.69, 9.17) is 5.73 Å². The molecule has 20 heavy (non-hydrogen) atoms. The van der Waals surface area contributed by atoms with Crippen LogP contribution in [0.4, 0.5) is 16.2 Å². The first kappa shape index (κ1) is 13.5. The van der Waals surface area contributed by atoms with Crippen LogP contribution in [0.2, 0.25) is 0 Å². The molecule has 0 fully saturated rings. The molecule has 3 N–H and O–H groups in total. The smallest absolute Gasteiger partial charge is 0.404 e. The number of ether oxygens (including phenoxy) is 1. The number of pyridine rings is 1. The highest BCUT2D eigenvalue weighted by Gasteiger charge is 2.14. The highest BCUT2D eigenvalue weighted by Crippen LogP contribution is 2.29. The Balaban J connectivity index is 2.24. The summed E-state index contributed by atoms with van der Waals surface area (Å²) >= 11 is 0. The molecular formula is C12H12N4O4. The number of carbonyl (C=O) groups is 1. The van der Waals surface area contributed by atoms with Crippen LogP contribution in [0.3, 0.4) is 0 Å². The molecule has 0 bridgehead atoms. The average Bonchev–Trinajstić information content (AvgIpc) is 2.43. The van der Waals surface area contributed by atoms with Crippen molar-refractivity contribution in [1.82, 2.24) is 4.98 Å². The van der Waals surface area contributed by atoms with E-state index in [9.17, 15) is 14.9 Å². The zero-order valence-corrected chi connectivity index (χ0v) is 10.4. The number of non-ortho nitro benzene ring substituents is 1. The summed E-state index contributed by atoms with van der Waals surface area (Å²) in [4.78, 5) is 24.9. The number of primary amides is 1. The highest BCUT2D eigenvalue weighted by atomic mass is 16.6. The second kappa shape index (κ2) is 5.83. The monoisotopic (exact) mass is 276 g/mol. The molecule has 2 aromatic rings. The van der Waals surface area contributed by atoms with Crippen molar-refractivity contribution in [2.45, 2.75) is 0 Å². The first-order valence-electron chi connectivity index (χ1n) is 5.78. The van der Waals surface area contributed by atoms with Gasteiger partial charge in [-0.25, -0.2) is 9.78 Å². The molecule has 0 aliphatic carbocycles. The Kier molecular flexibility index (Phi) is 3.94. The fourth-order valence-corrected chi connectivity index (χ4v) is 1.80. The molecule has 0 saturated heterocycles. The number of anilines is 1. The molecule has 0 spiro atoms. The van der Waals surface area contributed by atoms with Gasteiger partial charge >= 0.3 is 6.09 Å². The second-order valence-electron chi connectivity index (χ2n) is 3.88. The number of carbonyl (C=O) groups excluding carboxylic acids is 1. The van der Waals surface area contributed by atoms with E-state index in [1.807, 2.05) is 0 Å². The summed E-state index contributed by atoms with van der Waals surface area (Å²) in [5.41, 5.74) is 5.76. The molecule has 1 heterocycles. The number of fused-ring (bicyclic) bond motifs is 1. The maximum atomic E-state index is 10.9. The molecule has 8 heteroatoms. The Morgan fingerprint density at radius 1 is 1.45 bits per heavy atom. The minimum atomic E-state index is -0.845. The minimum absolute atomic E-state index is 0.0560. The topological polar surface area (TPSA) is 120 Å². The highest BCUT2D eigenvalue weighted by molar-refractivity contribution is 5.96.